The number of aromatic amines is 1. The van der Waals surface area contributed by atoms with Gasteiger partial charge in [0.1, 0.15) is 0 Å². The van der Waals surface area contributed by atoms with Gasteiger partial charge in [0.15, 0.2) is 5.43 Å². The van der Waals surface area contributed by atoms with Gasteiger partial charge in [-0.25, -0.2) is 0 Å². The summed E-state index contributed by atoms with van der Waals surface area (Å²) in [5, 5.41) is 0.706. The number of H-pyrrole nitrogens is 1. The lowest BCUT2D eigenvalue weighted by atomic mass is 9.94. The number of para-hydroxylation sites is 1. The first kappa shape index (κ1) is 20.3. The second kappa shape index (κ2) is 8.89. The molecule has 0 atom stereocenters. The summed E-state index contributed by atoms with van der Waals surface area (Å²) in [6.07, 6.45) is 0. The number of fused-ring (bicyclic) bond motifs is 1. The quantitative estimate of drug-likeness (QED) is 0.289. The molecule has 0 bridgehead atoms. The van der Waals surface area contributed by atoms with E-state index in [1.165, 1.54) is 4.90 Å². The SMILES string of the molecule is CCSc1ccccc1-c1cccc2c(=O)c(-c3ccccc3)c(-c3ccccc3)[nH]c12. The third-order valence-corrected chi connectivity index (χ3v) is 6.59. The Kier molecular flexibility index (Phi) is 5.66. The van der Waals surface area contributed by atoms with Crippen molar-refractivity contribution in [2.45, 2.75) is 11.8 Å². The second-order valence-corrected chi connectivity index (χ2v) is 8.90. The highest BCUT2D eigenvalue weighted by atomic mass is 32.2. The van der Waals surface area contributed by atoms with Crippen LogP contribution in [0.1, 0.15) is 6.92 Å². The van der Waals surface area contributed by atoms with Crippen molar-refractivity contribution >= 4 is 22.7 Å². The number of thioether (sulfide) groups is 1. The van der Waals surface area contributed by atoms with Crippen LogP contribution in [0.5, 0.6) is 0 Å². The molecule has 0 unspecified atom stereocenters. The van der Waals surface area contributed by atoms with Crippen molar-refractivity contribution in [3.05, 3.63) is 113 Å². The van der Waals surface area contributed by atoms with Gasteiger partial charge in [0.05, 0.1) is 16.8 Å². The van der Waals surface area contributed by atoms with Gasteiger partial charge in [-0.1, -0.05) is 97.9 Å². The smallest absolute Gasteiger partial charge is 0.197 e. The zero-order valence-electron chi connectivity index (χ0n) is 17.8. The molecule has 1 heterocycles. The summed E-state index contributed by atoms with van der Waals surface area (Å²) in [7, 11) is 0. The Bertz CT molecular complexity index is 1440. The molecule has 5 rings (SSSR count). The minimum absolute atomic E-state index is 0.0475. The highest BCUT2D eigenvalue weighted by Crippen LogP contribution is 2.37. The molecule has 0 aliphatic heterocycles. The van der Waals surface area contributed by atoms with Gasteiger partial charge in [-0.3, -0.25) is 4.79 Å². The third kappa shape index (κ3) is 3.65. The van der Waals surface area contributed by atoms with Gasteiger partial charge in [0, 0.05) is 15.8 Å². The minimum Gasteiger partial charge on any atom is -0.353 e. The molecule has 0 aliphatic carbocycles. The summed E-state index contributed by atoms with van der Waals surface area (Å²) < 4.78 is 0. The molecule has 32 heavy (non-hydrogen) atoms. The number of aromatic nitrogens is 1. The van der Waals surface area contributed by atoms with Crippen LogP contribution in [0.4, 0.5) is 0 Å². The second-order valence-electron chi connectivity index (χ2n) is 7.59. The zero-order valence-corrected chi connectivity index (χ0v) is 18.7. The van der Waals surface area contributed by atoms with Crippen molar-refractivity contribution in [3.63, 3.8) is 0 Å². The van der Waals surface area contributed by atoms with Crippen LogP contribution in [-0.2, 0) is 0 Å². The van der Waals surface area contributed by atoms with Crippen molar-refractivity contribution < 1.29 is 0 Å². The maximum Gasteiger partial charge on any atom is 0.197 e. The van der Waals surface area contributed by atoms with Crippen LogP contribution >= 0.6 is 11.8 Å². The number of benzene rings is 4. The van der Waals surface area contributed by atoms with Crippen LogP contribution in [0.15, 0.2) is 113 Å². The average Bonchev–Trinajstić information content (AvgIpc) is 2.85. The molecule has 5 aromatic rings. The van der Waals surface area contributed by atoms with E-state index in [0.717, 1.165) is 39.2 Å². The first-order chi connectivity index (χ1) is 15.8. The highest BCUT2D eigenvalue weighted by molar-refractivity contribution is 7.99. The van der Waals surface area contributed by atoms with Crippen molar-refractivity contribution in [1.29, 1.82) is 0 Å². The lowest BCUT2D eigenvalue weighted by Gasteiger charge is -2.16. The Morgan fingerprint density at radius 1 is 0.688 bits per heavy atom. The lowest BCUT2D eigenvalue weighted by Crippen LogP contribution is -2.10. The molecule has 0 amide bonds. The topological polar surface area (TPSA) is 32.9 Å². The van der Waals surface area contributed by atoms with Gasteiger partial charge in [-0.15, -0.1) is 11.8 Å². The van der Waals surface area contributed by atoms with E-state index in [-0.39, 0.29) is 5.43 Å². The Morgan fingerprint density at radius 2 is 1.31 bits per heavy atom. The van der Waals surface area contributed by atoms with Crippen LogP contribution < -0.4 is 5.43 Å². The Balaban J connectivity index is 1.87. The molecule has 3 heteroatoms. The van der Waals surface area contributed by atoms with Gasteiger partial charge >= 0.3 is 0 Å². The first-order valence-corrected chi connectivity index (χ1v) is 11.8. The van der Waals surface area contributed by atoms with Gasteiger partial charge in [0.2, 0.25) is 0 Å². The number of pyridine rings is 1. The van der Waals surface area contributed by atoms with E-state index in [9.17, 15) is 4.79 Å². The van der Waals surface area contributed by atoms with E-state index in [2.05, 4.69) is 42.2 Å². The summed E-state index contributed by atoms with van der Waals surface area (Å²) in [6.45, 7) is 2.16. The van der Waals surface area contributed by atoms with Crippen molar-refractivity contribution in [2.24, 2.45) is 0 Å². The molecule has 0 spiro atoms. The number of rotatable bonds is 5. The zero-order chi connectivity index (χ0) is 21.9. The largest absolute Gasteiger partial charge is 0.353 e. The molecule has 4 aromatic carbocycles. The first-order valence-electron chi connectivity index (χ1n) is 10.8. The summed E-state index contributed by atoms with van der Waals surface area (Å²) >= 11 is 1.82. The fraction of sp³-hybridized carbons (Fsp3) is 0.0690. The standard InChI is InChI=1S/C29H23NOS/c1-2-32-25-19-10-9-16-22(25)23-17-11-18-24-28(23)30-27(21-14-7-4-8-15-21)26(29(24)31)20-12-5-3-6-13-20/h3-19H,2H2,1H3,(H,30,31). The Hall–Kier alpha value is -3.56. The van der Waals surface area contributed by atoms with E-state index in [1.807, 2.05) is 84.6 Å². The van der Waals surface area contributed by atoms with Crippen LogP contribution in [0.2, 0.25) is 0 Å². The molecule has 156 valence electrons. The summed E-state index contributed by atoms with van der Waals surface area (Å²) in [5.41, 5.74) is 6.59. The van der Waals surface area contributed by atoms with Crippen LogP contribution in [0, 0.1) is 0 Å². The summed E-state index contributed by atoms with van der Waals surface area (Å²) in [5.74, 6) is 0.992. The average molecular weight is 434 g/mol. The van der Waals surface area contributed by atoms with Crippen LogP contribution in [0.3, 0.4) is 0 Å². The number of nitrogens with one attached hydrogen (secondary N) is 1. The molecular formula is C29H23NOS. The van der Waals surface area contributed by atoms with Gasteiger partial charge in [-0.05, 0) is 34.6 Å². The van der Waals surface area contributed by atoms with E-state index in [0.29, 0.717) is 10.9 Å². The lowest BCUT2D eigenvalue weighted by molar-refractivity contribution is 1.36. The third-order valence-electron chi connectivity index (χ3n) is 5.64. The molecule has 0 saturated carbocycles. The summed E-state index contributed by atoms with van der Waals surface area (Å²) in [4.78, 5) is 18.8. The fourth-order valence-corrected chi connectivity index (χ4v) is 5.03. The number of hydrogen-bond acceptors (Lipinski definition) is 2. The van der Waals surface area contributed by atoms with Crippen LogP contribution in [-0.4, -0.2) is 10.7 Å². The van der Waals surface area contributed by atoms with Crippen molar-refractivity contribution in [3.8, 4) is 33.5 Å². The predicted octanol–water partition coefficient (Wildman–Crippen LogP) is 7.64. The normalized spacial score (nSPS) is 11.0. The van der Waals surface area contributed by atoms with E-state index < -0.39 is 0 Å². The molecule has 0 saturated heterocycles. The van der Waals surface area contributed by atoms with Gasteiger partial charge in [-0.2, -0.15) is 0 Å². The predicted molar refractivity (Wildman–Crippen MR) is 137 cm³/mol. The van der Waals surface area contributed by atoms with E-state index in [1.54, 1.807) is 0 Å². The van der Waals surface area contributed by atoms with E-state index >= 15 is 0 Å². The molecule has 1 aromatic heterocycles. The van der Waals surface area contributed by atoms with Gasteiger partial charge in [0.25, 0.3) is 0 Å². The van der Waals surface area contributed by atoms with Crippen molar-refractivity contribution in [2.75, 3.05) is 5.75 Å². The van der Waals surface area contributed by atoms with Crippen molar-refractivity contribution in [1.82, 2.24) is 4.98 Å². The molecule has 2 nitrogen and oxygen atoms in total. The van der Waals surface area contributed by atoms with E-state index in [4.69, 9.17) is 0 Å². The minimum atomic E-state index is 0.0475. The Labute approximate surface area is 192 Å². The molecule has 0 radical (unpaired) electrons. The molecular weight excluding hydrogens is 410 g/mol. The maximum atomic E-state index is 13.9. The highest BCUT2D eigenvalue weighted by Gasteiger charge is 2.18. The molecule has 0 fully saturated rings. The molecule has 0 aliphatic rings. The molecule has 1 N–H and O–H groups in total. The number of hydrogen-bond donors (Lipinski definition) is 1. The monoisotopic (exact) mass is 433 g/mol. The maximum absolute atomic E-state index is 13.9. The van der Waals surface area contributed by atoms with Crippen LogP contribution in [0.25, 0.3) is 44.4 Å². The Morgan fingerprint density at radius 3 is 2.03 bits per heavy atom. The van der Waals surface area contributed by atoms with Gasteiger partial charge < -0.3 is 4.98 Å². The fourth-order valence-electron chi connectivity index (χ4n) is 4.21. The summed E-state index contributed by atoms with van der Waals surface area (Å²) in [6, 6.07) is 34.4.